The number of hydrogen-bond donors (Lipinski definition) is 1. The van der Waals surface area contributed by atoms with E-state index in [9.17, 15) is 9.59 Å². The fourth-order valence-corrected chi connectivity index (χ4v) is 4.23. The molecule has 1 amide bonds. The first-order chi connectivity index (χ1) is 12.8. The zero-order valence-electron chi connectivity index (χ0n) is 16.6. The van der Waals surface area contributed by atoms with Gasteiger partial charge in [-0.1, -0.05) is 45.5 Å². The van der Waals surface area contributed by atoms with E-state index in [-0.39, 0.29) is 16.9 Å². The Bertz CT molecular complexity index is 867. The summed E-state index contributed by atoms with van der Waals surface area (Å²) in [4.78, 5) is 31.9. The minimum absolute atomic E-state index is 0.0822. The minimum atomic E-state index is -0.371. The Balaban J connectivity index is 1.71. The summed E-state index contributed by atoms with van der Waals surface area (Å²) in [6, 6.07) is 1.58. The molecule has 3 rings (SSSR count). The Morgan fingerprint density at radius 3 is 2.89 bits per heavy atom. The van der Waals surface area contributed by atoms with Crippen molar-refractivity contribution in [1.29, 1.82) is 0 Å². The highest BCUT2D eigenvalue weighted by Crippen LogP contribution is 2.27. The summed E-state index contributed by atoms with van der Waals surface area (Å²) >= 11 is 1.47. The number of rotatable bonds is 5. The zero-order chi connectivity index (χ0) is 19.6. The van der Waals surface area contributed by atoms with Gasteiger partial charge in [-0.15, -0.1) is 5.10 Å². The number of carbonyl (C=O) groups is 1. The summed E-state index contributed by atoms with van der Waals surface area (Å²) in [5.74, 6) is 0.469. The van der Waals surface area contributed by atoms with Crippen LogP contribution in [-0.2, 0) is 11.2 Å². The molecule has 0 saturated carbocycles. The second-order valence-electron chi connectivity index (χ2n) is 8.33. The van der Waals surface area contributed by atoms with Gasteiger partial charge < -0.3 is 10.2 Å². The first-order valence-electron chi connectivity index (χ1n) is 9.71. The maximum absolute atomic E-state index is 12.3. The second-order valence-corrected chi connectivity index (χ2v) is 9.26. The molecule has 0 bridgehead atoms. The quantitative estimate of drug-likeness (QED) is 0.847. The van der Waals surface area contributed by atoms with E-state index in [1.807, 2.05) is 20.8 Å². The van der Waals surface area contributed by atoms with E-state index in [1.165, 1.54) is 15.9 Å². The predicted octanol–water partition coefficient (Wildman–Crippen LogP) is 2.48. The third-order valence-corrected chi connectivity index (χ3v) is 5.78. The lowest BCUT2D eigenvalue weighted by atomic mass is 9.94. The molecule has 148 valence electrons. The Morgan fingerprint density at radius 1 is 1.41 bits per heavy atom. The van der Waals surface area contributed by atoms with Gasteiger partial charge in [-0.3, -0.25) is 9.59 Å². The van der Waals surface area contributed by atoms with Gasteiger partial charge in [0.2, 0.25) is 16.0 Å². The third kappa shape index (κ3) is 4.66. The lowest BCUT2D eigenvalue weighted by Crippen LogP contribution is -2.43. The minimum Gasteiger partial charge on any atom is -0.355 e. The zero-order valence-corrected chi connectivity index (χ0v) is 17.4. The van der Waals surface area contributed by atoms with Crippen LogP contribution in [0, 0.1) is 11.3 Å². The van der Waals surface area contributed by atoms with Crippen molar-refractivity contribution in [2.24, 2.45) is 11.3 Å². The van der Waals surface area contributed by atoms with Crippen LogP contribution in [0.2, 0.25) is 0 Å². The molecular weight excluding hydrogens is 362 g/mol. The lowest BCUT2D eigenvalue weighted by Gasteiger charge is -2.32. The first-order valence-corrected chi connectivity index (χ1v) is 10.5. The molecule has 0 spiro atoms. The maximum Gasteiger partial charge on any atom is 0.275 e. The van der Waals surface area contributed by atoms with Gasteiger partial charge in [-0.05, 0) is 25.2 Å². The highest BCUT2D eigenvalue weighted by Gasteiger charge is 2.26. The van der Waals surface area contributed by atoms with Gasteiger partial charge in [0.1, 0.15) is 0 Å². The lowest BCUT2D eigenvalue weighted by molar-refractivity contribution is -0.128. The van der Waals surface area contributed by atoms with Crippen molar-refractivity contribution in [1.82, 2.24) is 19.9 Å². The second kappa shape index (κ2) is 7.96. The number of amides is 1. The smallest absolute Gasteiger partial charge is 0.275 e. The summed E-state index contributed by atoms with van der Waals surface area (Å²) in [7, 11) is 0. The molecule has 7 nitrogen and oxygen atoms in total. The van der Waals surface area contributed by atoms with Crippen LogP contribution in [0.15, 0.2) is 10.9 Å². The summed E-state index contributed by atoms with van der Waals surface area (Å²) in [5, 5.41) is 8.41. The van der Waals surface area contributed by atoms with Crippen molar-refractivity contribution in [3.8, 4) is 0 Å². The Morgan fingerprint density at radius 2 is 2.19 bits per heavy atom. The predicted molar refractivity (Wildman–Crippen MR) is 109 cm³/mol. The average Bonchev–Trinajstić information content (AvgIpc) is 3.04. The normalized spacial score (nSPS) is 18.1. The Kier molecular flexibility index (Phi) is 5.83. The van der Waals surface area contributed by atoms with Crippen LogP contribution in [0.1, 0.15) is 52.7 Å². The molecule has 1 atom stereocenters. The number of anilines is 1. The van der Waals surface area contributed by atoms with Crippen LogP contribution in [-0.4, -0.2) is 40.1 Å². The SMILES string of the molecule is CCCc1cc(=O)n2nc(N3CCCC(CNC(=O)C(C)(C)C)C3)sc2n1. The molecule has 1 fully saturated rings. The molecule has 1 aliphatic heterocycles. The van der Waals surface area contributed by atoms with E-state index >= 15 is 0 Å². The highest BCUT2D eigenvalue weighted by molar-refractivity contribution is 7.20. The van der Waals surface area contributed by atoms with Crippen LogP contribution in [0.5, 0.6) is 0 Å². The van der Waals surface area contributed by atoms with Crippen LogP contribution < -0.4 is 15.8 Å². The first kappa shape index (κ1) is 19.8. The highest BCUT2D eigenvalue weighted by atomic mass is 32.1. The van der Waals surface area contributed by atoms with Crippen molar-refractivity contribution in [3.63, 3.8) is 0 Å². The molecule has 1 aliphatic rings. The topological polar surface area (TPSA) is 79.6 Å². The van der Waals surface area contributed by atoms with E-state index in [1.54, 1.807) is 6.07 Å². The van der Waals surface area contributed by atoms with Crippen LogP contribution in [0.25, 0.3) is 4.96 Å². The van der Waals surface area contributed by atoms with E-state index in [2.05, 4.69) is 27.2 Å². The molecule has 2 aromatic rings. The number of hydrogen-bond acceptors (Lipinski definition) is 6. The molecule has 0 aromatic carbocycles. The summed E-state index contributed by atoms with van der Waals surface area (Å²) < 4.78 is 1.41. The van der Waals surface area contributed by atoms with Crippen molar-refractivity contribution in [2.45, 2.75) is 53.4 Å². The summed E-state index contributed by atoms with van der Waals surface area (Å²) in [6.07, 6.45) is 3.90. The standard InChI is InChI=1S/C19H29N5O2S/c1-5-7-14-10-15(25)24-17(21-14)27-18(22-24)23-9-6-8-13(12-23)11-20-16(26)19(2,3)4/h10,13H,5-9,11-12H2,1-4H3,(H,20,26). The van der Waals surface area contributed by atoms with Gasteiger partial charge in [0.25, 0.3) is 5.56 Å². The summed E-state index contributed by atoms with van der Waals surface area (Å²) in [6.45, 7) is 10.3. The number of carbonyl (C=O) groups excluding carboxylic acids is 1. The number of aromatic nitrogens is 3. The third-order valence-electron chi connectivity index (χ3n) is 4.82. The molecular formula is C19H29N5O2S. The number of piperidine rings is 1. The largest absolute Gasteiger partial charge is 0.355 e. The fourth-order valence-electron chi connectivity index (χ4n) is 3.27. The van der Waals surface area contributed by atoms with Crippen LogP contribution in [0.3, 0.4) is 0 Å². The van der Waals surface area contributed by atoms with Crippen molar-refractivity contribution in [3.05, 3.63) is 22.1 Å². The fraction of sp³-hybridized carbons (Fsp3) is 0.684. The molecule has 0 radical (unpaired) electrons. The molecule has 1 N–H and O–H groups in total. The van der Waals surface area contributed by atoms with E-state index in [0.717, 1.165) is 49.6 Å². The van der Waals surface area contributed by atoms with E-state index in [4.69, 9.17) is 0 Å². The Hall–Kier alpha value is -1.96. The maximum atomic E-state index is 12.3. The number of nitrogens with zero attached hydrogens (tertiary/aromatic N) is 4. The molecule has 1 saturated heterocycles. The number of aryl methyl sites for hydroxylation is 1. The van der Waals surface area contributed by atoms with Crippen LogP contribution in [0.4, 0.5) is 5.13 Å². The number of nitrogens with one attached hydrogen (secondary N) is 1. The van der Waals surface area contributed by atoms with E-state index in [0.29, 0.717) is 17.4 Å². The van der Waals surface area contributed by atoms with Gasteiger partial charge in [0.05, 0.1) is 0 Å². The number of fused-ring (bicyclic) bond motifs is 1. The molecule has 2 aromatic heterocycles. The van der Waals surface area contributed by atoms with E-state index < -0.39 is 0 Å². The molecule has 3 heterocycles. The van der Waals surface area contributed by atoms with Gasteiger partial charge in [0, 0.05) is 36.8 Å². The van der Waals surface area contributed by atoms with Gasteiger partial charge in [-0.25, -0.2) is 4.98 Å². The van der Waals surface area contributed by atoms with Crippen molar-refractivity contribution < 1.29 is 4.79 Å². The van der Waals surface area contributed by atoms with Gasteiger partial charge in [-0.2, -0.15) is 4.52 Å². The van der Waals surface area contributed by atoms with Gasteiger partial charge >= 0.3 is 0 Å². The molecule has 27 heavy (non-hydrogen) atoms. The molecule has 0 aliphatic carbocycles. The van der Waals surface area contributed by atoms with Crippen LogP contribution >= 0.6 is 11.3 Å². The summed E-state index contributed by atoms with van der Waals surface area (Å²) in [5.41, 5.74) is 0.348. The van der Waals surface area contributed by atoms with Crippen molar-refractivity contribution >= 4 is 27.3 Å². The average molecular weight is 392 g/mol. The Labute approximate surface area is 163 Å². The molecule has 1 unspecified atom stereocenters. The van der Waals surface area contributed by atoms with Crippen molar-refractivity contribution in [2.75, 3.05) is 24.5 Å². The molecule has 8 heteroatoms. The monoisotopic (exact) mass is 391 g/mol. The van der Waals surface area contributed by atoms with Gasteiger partial charge in [0.15, 0.2) is 0 Å².